The predicted octanol–water partition coefficient (Wildman–Crippen LogP) is 6.01. The maximum atomic E-state index is 13.0. The van der Waals surface area contributed by atoms with Gasteiger partial charge in [-0.2, -0.15) is 13.2 Å². The van der Waals surface area contributed by atoms with E-state index in [-0.39, 0.29) is 26.8 Å². The Labute approximate surface area is 215 Å². The number of halogens is 3. The lowest BCUT2D eigenvalue weighted by Crippen LogP contribution is -2.60. The highest BCUT2D eigenvalue weighted by molar-refractivity contribution is 7.99. The summed E-state index contributed by atoms with van der Waals surface area (Å²) in [5.74, 6) is 0.781. The van der Waals surface area contributed by atoms with Crippen molar-refractivity contribution in [2.75, 3.05) is 6.61 Å². The molecule has 4 bridgehead atoms. The van der Waals surface area contributed by atoms with E-state index in [1.54, 1.807) is 12.1 Å². The molecule has 0 aromatic heterocycles. The van der Waals surface area contributed by atoms with Crippen LogP contribution in [-0.4, -0.2) is 28.9 Å². The largest absolute Gasteiger partial charge is 0.452 e. The summed E-state index contributed by atoms with van der Waals surface area (Å²) in [6.45, 7) is -0.458. The Hall–Kier alpha value is -3.08. The molecule has 4 aliphatic rings. The Morgan fingerprint density at radius 1 is 1.03 bits per heavy atom. The summed E-state index contributed by atoms with van der Waals surface area (Å²) in [4.78, 5) is 36.3. The van der Waals surface area contributed by atoms with E-state index in [4.69, 9.17) is 4.74 Å². The van der Waals surface area contributed by atoms with E-state index in [1.165, 1.54) is 31.4 Å². The number of nitro groups is 1. The Morgan fingerprint density at radius 2 is 1.65 bits per heavy atom. The maximum Gasteiger partial charge on any atom is 0.416 e. The highest BCUT2D eigenvalue weighted by Crippen LogP contribution is 2.55. The van der Waals surface area contributed by atoms with Crippen LogP contribution in [0.5, 0.6) is 0 Å². The number of hydrogen-bond donors (Lipinski definition) is 1. The Bertz CT molecular complexity index is 1210. The summed E-state index contributed by atoms with van der Waals surface area (Å²) < 4.78 is 44.4. The zero-order chi connectivity index (χ0) is 26.4. The number of alkyl halides is 3. The molecule has 4 saturated carbocycles. The van der Waals surface area contributed by atoms with Crippen molar-refractivity contribution in [2.24, 2.45) is 17.8 Å². The number of nitro benzene ring substituents is 1. The summed E-state index contributed by atoms with van der Waals surface area (Å²) in [6, 6.07) is 8.34. The number of nitrogens with zero attached hydrogens (tertiary/aromatic N) is 1. The minimum atomic E-state index is -4.73. The van der Waals surface area contributed by atoms with Gasteiger partial charge in [0.25, 0.3) is 11.6 Å². The van der Waals surface area contributed by atoms with Crippen LogP contribution in [0.25, 0.3) is 0 Å². The van der Waals surface area contributed by atoms with Crippen molar-refractivity contribution in [3.63, 3.8) is 0 Å². The average Bonchev–Trinajstić information content (AvgIpc) is 2.81. The van der Waals surface area contributed by atoms with Crippen LogP contribution in [0, 0.1) is 27.9 Å². The van der Waals surface area contributed by atoms with E-state index in [0.717, 1.165) is 43.2 Å². The first-order valence-electron chi connectivity index (χ1n) is 12.1. The zero-order valence-corrected chi connectivity index (χ0v) is 20.6. The van der Waals surface area contributed by atoms with Gasteiger partial charge in [0.05, 0.1) is 20.9 Å². The van der Waals surface area contributed by atoms with E-state index in [0.29, 0.717) is 23.8 Å². The number of amides is 1. The highest BCUT2D eigenvalue weighted by atomic mass is 32.2. The molecule has 1 amide bonds. The van der Waals surface area contributed by atoms with Gasteiger partial charge in [0.15, 0.2) is 6.61 Å². The van der Waals surface area contributed by atoms with E-state index in [9.17, 15) is 32.9 Å². The van der Waals surface area contributed by atoms with Crippen LogP contribution < -0.4 is 5.32 Å². The first kappa shape index (κ1) is 25.6. The average molecular weight is 535 g/mol. The normalized spacial score (nSPS) is 26.1. The van der Waals surface area contributed by atoms with Gasteiger partial charge in [-0.15, -0.1) is 0 Å². The van der Waals surface area contributed by atoms with Crippen LogP contribution in [0.15, 0.2) is 52.3 Å². The number of hydrogen-bond acceptors (Lipinski definition) is 6. The molecule has 4 fully saturated rings. The lowest BCUT2D eigenvalue weighted by atomic mass is 9.53. The molecule has 0 aliphatic heterocycles. The highest BCUT2D eigenvalue weighted by Gasteiger charge is 2.51. The summed E-state index contributed by atoms with van der Waals surface area (Å²) in [6.07, 6.45) is 1.85. The van der Waals surface area contributed by atoms with Gasteiger partial charge in [-0.05, 0) is 80.5 Å². The van der Waals surface area contributed by atoms with Crippen LogP contribution in [0.1, 0.15) is 54.4 Å². The van der Waals surface area contributed by atoms with Gasteiger partial charge in [-0.25, -0.2) is 4.79 Å². The molecule has 11 heteroatoms. The predicted molar refractivity (Wildman–Crippen MR) is 128 cm³/mol. The fraction of sp³-hybridized carbons (Fsp3) is 0.462. The Kier molecular flexibility index (Phi) is 6.68. The number of carbonyl (C=O) groups is 2. The van der Waals surface area contributed by atoms with Crippen molar-refractivity contribution in [3.8, 4) is 0 Å². The summed E-state index contributed by atoms with van der Waals surface area (Å²) in [5.41, 5.74) is -2.02. The molecule has 0 unspecified atom stereocenters. The van der Waals surface area contributed by atoms with E-state index in [1.807, 2.05) is 0 Å². The molecule has 0 saturated heterocycles. The summed E-state index contributed by atoms with van der Waals surface area (Å²) >= 11 is 0.785. The molecule has 2 aromatic carbocycles. The molecule has 6 rings (SSSR count). The molecule has 1 N–H and O–H groups in total. The molecule has 0 radical (unpaired) electrons. The van der Waals surface area contributed by atoms with Gasteiger partial charge in [0, 0.05) is 16.5 Å². The molecule has 0 heterocycles. The van der Waals surface area contributed by atoms with Crippen molar-refractivity contribution in [2.45, 2.75) is 60.0 Å². The van der Waals surface area contributed by atoms with Crippen LogP contribution in [0.2, 0.25) is 0 Å². The quantitative estimate of drug-likeness (QED) is 0.266. The zero-order valence-electron chi connectivity index (χ0n) is 19.8. The molecule has 7 nitrogen and oxygen atoms in total. The van der Waals surface area contributed by atoms with Gasteiger partial charge in [-0.3, -0.25) is 14.9 Å². The minimum absolute atomic E-state index is 0.0576. The third kappa shape index (κ3) is 5.46. The Morgan fingerprint density at radius 3 is 2.24 bits per heavy atom. The molecule has 196 valence electrons. The van der Waals surface area contributed by atoms with Gasteiger partial charge in [0.1, 0.15) is 0 Å². The van der Waals surface area contributed by atoms with Crippen LogP contribution in [0.3, 0.4) is 0 Å². The number of benzene rings is 2. The van der Waals surface area contributed by atoms with Gasteiger partial charge in [-0.1, -0.05) is 23.9 Å². The third-order valence-electron chi connectivity index (χ3n) is 7.59. The van der Waals surface area contributed by atoms with Crippen LogP contribution >= 0.6 is 11.8 Å². The molecule has 37 heavy (non-hydrogen) atoms. The molecular formula is C26H25F3N2O5S. The molecule has 4 aliphatic carbocycles. The summed E-state index contributed by atoms with van der Waals surface area (Å²) in [7, 11) is 0. The van der Waals surface area contributed by atoms with Crippen LogP contribution in [-0.2, 0) is 15.7 Å². The summed E-state index contributed by atoms with van der Waals surface area (Å²) in [5, 5.41) is 14.6. The second-order valence-corrected chi connectivity index (χ2v) is 11.4. The molecule has 2 aromatic rings. The van der Waals surface area contributed by atoms with E-state index in [2.05, 4.69) is 5.32 Å². The van der Waals surface area contributed by atoms with Crippen molar-refractivity contribution in [1.29, 1.82) is 0 Å². The van der Waals surface area contributed by atoms with Gasteiger partial charge >= 0.3 is 12.1 Å². The van der Waals surface area contributed by atoms with E-state index >= 15 is 0 Å². The standard InChI is InChI=1S/C26H25F3N2O5S/c27-26(28,29)18-5-6-22(20(10-18)31(34)35)37-21-4-2-1-3-19(21)24(33)36-14-23(32)30-25-11-15-7-16(12-25)9-17(8-15)13-25/h1-6,10,15-17H,7-9,11-14H2,(H,30,32). The molecule has 0 atom stereocenters. The van der Waals surface area contributed by atoms with Gasteiger partial charge < -0.3 is 10.1 Å². The van der Waals surface area contributed by atoms with E-state index < -0.39 is 34.9 Å². The Balaban J connectivity index is 1.26. The lowest BCUT2D eigenvalue weighted by molar-refractivity contribution is -0.388. The number of nitrogens with one attached hydrogen (secondary N) is 1. The minimum Gasteiger partial charge on any atom is -0.452 e. The van der Waals surface area contributed by atoms with Crippen molar-refractivity contribution in [1.82, 2.24) is 5.32 Å². The SMILES string of the molecule is O=C(COC(=O)c1ccccc1Sc1ccc(C(F)(F)F)cc1[N+](=O)[O-])NC12CC3CC(CC(C3)C1)C2. The first-order valence-corrected chi connectivity index (χ1v) is 12.9. The molecule has 0 spiro atoms. The van der Waals surface area contributed by atoms with Crippen molar-refractivity contribution >= 4 is 29.3 Å². The smallest absolute Gasteiger partial charge is 0.416 e. The fourth-order valence-electron chi connectivity index (χ4n) is 6.57. The van der Waals surface area contributed by atoms with Crippen molar-refractivity contribution in [3.05, 3.63) is 63.7 Å². The van der Waals surface area contributed by atoms with Gasteiger partial charge in [0.2, 0.25) is 0 Å². The second kappa shape index (κ2) is 9.66. The third-order valence-corrected chi connectivity index (χ3v) is 8.73. The second-order valence-electron chi connectivity index (χ2n) is 10.4. The number of rotatable bonds is 7. The van der Waals surface area contributed by atoms with Crippen molar-refractivity contribution < 1.29 is 32.4 Å². The van der Waals surface area contributed by atoms with Crippen LogP contribution in [0.4, 0.5) is 18.9 Å². The first-order chi connectivity index (χ1) is 17.5. The monoisotopic (exact) mass is 534 g/mol. The number of ether oxygens (including phenoxy) is 1. The maximum absolute atomic E-state index is 13.0. The number of carbonyl (C=O) groups excluding carboxylic acids is 2. The molecular weight excluding hydrogens is 509 g/mol. The number of esters is 1. The topological polar surface area (TPSA) is 98.5 Å². The fourth-order valence-corrected chi connectivity index (χ4v) is 7.59. The lowest BCUT2D eigenvalue weighted by Gasteiger charge is -2.56.